The van der Waals surface area contributed by atoms with Crippen LogP contribution in [-0.4, -0.2) is 37.1 Å². The van der Waals surface area contributed by atoms with Crippen LogP contribution in [0, 0.1) is 5.82 Å². The molecule has 0 aromatic heterocycles. The zero-order valence-corrected chi connectivity index (χ0v) is 12.4. The first-order chi connectivity index (χ1) is 9.47. The molecule has 0 bridgehead atoms. The molecular formula is C16H24FN2O+. The van der Waals surface area contributed by atoms with E-state index in [-0.39, 0.29) is 11.7 Å². The highest BCUT2D eigenvalue weighted by molar-refractivity contribution is 5.77. The zero-order valence-electron chi connectivity index (χ0n) is 12.4. The number of rotatable bonds is 5. The molecule has 0 aliphatic heterocycles. The number of carbonyl (C=O) groups excluding carboxylic acids is 1. The SMILES string of the molecule is C[N+](C)(CC(=O)NCc1ccc(F)cc1)C1CCCC1. The second-order valence-corrected chi connectivity index (χ2v) is 6.28. The molecule has 0 radical (unpaired) electrons. The molecule has 1 N–H and O–H groups in total. The molecule has 1 aliphatic rings. The smallest absolute Gasteiger partial charge is 0.275 e. The van der Waals surface area contributed by atoms with Gasteiger partial charge in [0, 0.05) is 6.54 Å². The van der Waals surface area contributed by atoms with Crippen LogP contribution in [0.1, 0.15) is 31.2 Å². The van der Waals surface area contributed by atoms with Crippen LogP contribution in [0.15, 0.2) is 24.3 Å². The lowest BCUT2D eigenvalue weighted by Crippen LogP contribution is -2.52. The number of hydrogen-bond acceptors (Lipinski definition) is 1. The number of nitrogens with zero attached hydrogens (tertiary/aromatic N) is 1. The molecule has 20 heavy (non-hydrogen) atoms. The summed E-state index contributed by atoms with van der Waals surface area (Å²) in [6.45, 7) is 0.968. The van der Waals surface area contributed by atoms with Crippen molar-refractivity contribution in [1.82, 2.24) is 5.32 Å². The minimum atomic E-state index is -0.251. The van der Waals surface area contributed by atoms with Crippen molar-refractivity contribution >= 4 is 5.91 Å². The van der Waals surface area contributed by atoms with Crippen molar-refractivity contribution in [2.45, 2.75) is 38.3 Å². The third kappa shape index (κ3) is 4.04. The van der Waals surface area contributed by atoms with Crippen LogP contribution in [0.25, 0.3) is 0 Å². The van der Waals surface area contributed by atoms with Gasteiger partial charge in [-0.15, -0.1) is 0 Å². The molecule has 3 nitrogen and oxygen atoms in total. The maximum Gasteiger partial charge on any atom is 0.275 e. The van der Waals surface area contributed by atoms with Crippen molar-refractivity contribution < 1.29 is 13.7 Å². The molecule has 1 fully saturated rings. The molecule has 4 heteroatoms. The molecule has 0 heterocycles. The largest absolute Gasteiger partial charge is 0.347 e. The van der Waals surface area contributed by atoms with Gasteiger partial charge in [-0.3, -0.25) is 4.79 Å². The third-order valence-electron chi connectivity index (χ3n) is 4.27. The summed E-state index contributed by atoms with van der Waals surface area (Å²) in [6, 6.07) is 6.84. The van der Waals surface area contributed by atoms with E-state index in [1.165, 1.54) is 37.8 Å². The summed E-state index contributed by atoms with van der Waals surface area (Å²) in [6.07, 6.45) is 5.00. The number of quaternary nitrogens is 1. The van der Waals surface area contributed by atoms with Crippen LogP contribution in [-0.2, 0) is 11.3 Å². The predicted octanol–water partition coefficient (Wildman–Crippen LogP) is 2.46. The van der Waals surface area contributed by atoms with E-state index in [1.54, 1.807) is 12.1 Å². The second-order valence-electron chi connectivity index (χ2n) is 6.28. The summed E-state index contributed by atoms with van der Waals surface area (Å²) < 4.78 is 13.5. The second kappa shape index (κ2) is 6.35. The van der Waals surface area contributed by atoms with Crippen LogP contribution >= 0.6 is 0 Å². The van der Waals surface area contributed by atoms with Crippen LogP contribution in [0.5, 0.6) is 0 Å². The summed E-state index contributed by atoms with van der Waals surface area (Å²) in [7, 11) is 4.26. The van der Waals surface area contributed by atoms with E-state index >= 15 is 0 Å². The summed E-state index contributed by atoms with van der Waals surface area (Å²) in [5, 5.41) is 2.92. The number of nitrogens with one attached hydrogen (secondary N) is 1. The molecule has 1 aliphatic carbocycles. The molecule has 0 unspecified atom stereocenters. The van der Waals surface area contributed by atoms with Crippen molar-refractivity contribution in [3.8, 4) is 0 Å². The van der Waals surface area contributed by atoms with Gasteiger partial charge in [-0.25, -0.2) is 4.39 Å². The molecule has 1 amide bonds. The number of hydrogen-bond donors (Lipinski definition) is 1. The van der Waals surface area contributed by atoms with Crippen molar-refractivity contribution in [1.29, 1.82) is 0 Å². The Bertz CT molecular complexity index is 450. The van der Waals surface area contributed by atoms with Crippen LogP contribution in [0.4, 0.5) is 4.39 Å². The van der Waals surface area contributed by atoms with Gasteiger partial charge in [-0.05, 0) is 43.4 Å². The molecule has 1 aromatic carbocycles. The Balaban J connectivity index is 1.81. The fourth-order valence-electron chi connectivity index (χ4n) is 2.96. The molecule has 2 rings (SSSR count). The van der Waals surface area contributed by atoms with Gasteiger partial charge in [0.1, 0.15) is 5.82 Å². The molecule has 0 atom stereocenters. The quantitative estimate of drug-likeness (QED) is 0.824. The van der Waals surface area contributed by atoms with Gasteiger partial charge >= 0.3 is 0 Å². The zero-order chi connectivity index (χ0) is 14.6. The van der Waals surface area contributed by atoms with E-state index in [2.05, 4.69) is 19.4 Å². The number of amides is 1. The summed E-state index contributed by atoms with van der Waals surface area (Å²) in [4.78, 5) is 12.1. The summed E-state index contributed by atoms with van der Waals surface area (Å²) in [5.41, 5.74) is 0.922. The van der Waals surface area contributed by atoms with E-state index in [0.29, 0.717) is 19.1 Å². The number of carbonyl (C=O) groups is 1. The number of likely N-dealkylation sites (N-methyl/N-ethyl adjacent to an activating group) is 1. The average Bonchev–Trinajstić information content (AvgIpc) is 2.92. The van der Waals surface area contributed by atoms with Gasteiger partial charge in [0.15, 0.2) is 6.54 Å². The average molecular weight is 279 g/mol. The monoisotopic (exact) mass is 279 g/mol. The third-order valence-corrected chi connectivity index (χ3v) is 4.27. The standard InChI is InChI=1S/C16H23FN2O/c1-19(2,15-5-3-4-6-15)12-16(20)18-11-13-7-9-14(17)10-8-13/h7-10,15H,3-6,11-12H2,1-2H3/p+1. The Labute approximate surface area is 120 Å². The lowest BCUT2D eigenvalue weighted by Gasteiger charge is -2.35. The van der Waals surface area contributed by atoms with Crippen molar-refractivity contribution in [2.24, 2.45) is 0 Å². The highest BCUT2D eigenvalue weighted by atomic mass is 19.1. The molecule has 1 saturated carbocycles. The fourth-order valence-corrected chi connectivity index (χ4v) is 2.96. The minimum Gasteiger partial charge on any atom is -0.347 e. The van der Waals surface area contributed by atoms with E-state index in [4.69, 9.17) is 0 Å². The van der Waals surface area contributed by atoms with Gasteiger partial charge in [-0.1, -0.05) is 12.1 Å². The molecule has 1 aromatic rings. The summed E-state index contributed by atoms with van der Waals surface area (Å²) >= 11 is 0. The number of halogens is 1. The summed E-state index contributed by atoms with van der Waals surface area (Å²) in [5.74, 6) is -0.190. The Morgan fingerprint density at radius 3 is 2.45 bits per heavy atom. The topological polar surface area (TPSA) is 29.1 Å². The first-order valence-electron chi connectivity index (χ1n) is 7.31. The molecule has 0 spiro atoms. The van der Waals surface area contributed by atoms with E-state index < -0.39 is 0 Å². The van der Waals surface area contributed by atoms with Gasteiger partial charge in [0.2, 0.25) is 0 Å². The van der Waals surface area contributed by atoms with Crippen LogP contribution in [0.3, 0.4) is 0 Å². The van der Waals surface area contributed by atoms with Gasteiger partial charge in [0.05, 0.1) is 20.1 Å². The maximum absolute atomic E-state index is 12.8. The maximum atomic E-state index is 12.8. The Hall–Kier alpha value is -1.42. The first-order valence-corrected chi connectivity index (χ1v) is 7.31. The highest BCUT2D eigenvalue weighted by Crippen LogP contribution is 2.26. The molecule has 110 valence electrons. The van der Waals surface area contributed by atoms with Crippen LogP contribution in [0.2, 0.25) is 0 Å². The van der Waals surface area contributed by atoms with Crippen molar-refractivity contribution in [3.63, 3.8) is 0 Å². The lowest BCUT2D eigenvalue weighted by atomic mass is 10.2. The predicted molar refractivity (Wildman–Crippen MR) is 77.5 cm³/mol. The van der Waals surface area contributed by atoms with Gasteiger partial charge < -0.3 is 9.80 Å². The highest BCUT2D eigenvalue weighted by Gasteiger charge is 2.32. The van der Waals surface area contributed by atoms with Crippen LogP contribution < -0.4 is 5.32 Å². The Morgan fingerprint density at radius 2 is 1.85 bits per heavy atom. The minimum absolute atomic E-state index is 0.0613. The van der Waals surface area contributed by atoms with E-state index in [1.807, 2.05) is 0 Å². The molecule has 0 saturated heterocycles. The number of benzene rings is 1. The van der Waals surface area contributed by atoms with Crippen molar-refractivity contribution in [2.75, 3.05) is 20.6 Å². The molecular weight excluding hydrogens is 255 g/mol. The first kappa shape index (κ1) is 15.0. The van der Waals surface area contributed by atoms with Gasteiger partial charge in [-0.2, -0.15) is 0 Å². The Kier molecular flexibility index (Phi) is 4.76. The normalized spacial score (nSPS) is 16.4. The Morgan fingerprint density at radius 1 is 1.25 bits per heavy atom. The van der Waals surface area contributed by atoms with Crippen molar-refractivity contribution in [3.05, 3.63) is 35.6 Å². The van der Waals surface area contributed by atoms with E-state index in [0.717, 1.165) is 10.0 Å². The van der Waals surface area contributed by atoms with E-state index in [9.17, 15) is 9.18 Å². The van der Waals surface area contributed by atoms with Gasteiger partial charge in [0.25, 0.3) is 5.91 Å². The lowest BCUT2D eigenvalue weighted by molar-refractivity contribution is -0.906. The fraction of sp³-hybridized carbons (Fsp3) is 0.562.